The van der Waals surface area contributed by atoms with Crippen molar-refractivity contribution < 1.29 is 24.3 Å². The number of rotatable bonds is 4. The van der Waals surface area contributed by atoms with Gasteiger partial charge in [-0.2, -0.15) is 5.10 Å². The summed E-state index contributed by atoms with van der Waals surface area (Å²) in [6, 6.07) is 9.37. The number of aromatic hydroxyl groups is 1. The molecule has 0 saturated carbocycles. The number of aryl methyl sites for hydroxylation is 1. The Bertz CT molecular complexity index is 896. The zero-order valence-corrected chi connectivity index (χ0v) is 13.7. The Hall–Kier alpha value is -3.62. The minimum Gasteiger partial charge on any atom is -0.507 e. The number of carbonyl (C=O) groups is 1. The van der Waals surface area contributed by atoms with E-state index in [-0.39, 0.29) is 23.6 Å². The molecule has 0 fully saturated rings. The lowest BCUT2D eigenvalue weighted by Gasteiger charge is -2.24. The second-order valence-corrected chi connectivity index (χ2v) is 5.56. The number of para-hydroxylation sites is 2. The van der Waals surface area contributed by atoms with Crippen LogP contribution in [0.2, 0.25) is 0 Å². The number of hydrogen-bond donors (Lipinski definition) is 2. The Morgan fingerprint density at radius 3 is 2.85 bits per heavy atom. The number of phenols is 1. The van der Waals surface area contributed by atoms with Gasteiger partial charge in [0.2, 0.25) is 6.10 Å². The van der Waals surface area contributed by atoms with Crippen molar-refractivity contribution in [2.45, 2.75) is 13.0 Å². The Balaban J connectivity index is 1.68. The van der Waals surface area contributed by atoms with Gasteiger partial charge in [-0.1, -0.05) is 12.1 Å². The molecule has 0 bridgehead atoms. The first-order valence-corrected chi connectivity index (χ1v) is 7.65. The van der Waals surface area contributed by atoms with Crippen molar-refractivity contribution >= 4 is 17.8 Å². The molecule has 1 aliphatic rings. The zero-order valence-electron chi connectivity index (χ0n) is 13.7. The molecule has 134 valence electrons. The van der Waals surface area contributed by atoms with Gasteiger partial charge in [0.05, 0.1) is 11.1 Å². The van der Waals surface area contributed by atoms with Gasteiger partial charge in [-0.25, -0.2) is 5.43 Å². The van der Waals surface area contributed by atoms with Crippen LogP contribution in [0.25, 0.3) is 0 Å². The SMILES string of the molecule is Cc1cc([N+](=O)[O-])cc(/C=N/NC(=O)[C@@H]2COc3ccccc3O2)c1O. The number of benzene rings is 2. The lowest BCUT2D eigenvalue weighted by molar-refractivity contribution is -0.384. The number of amides is 1. The van der Waals surface area contributed by atoms with Gasteiger partial charge in [0, 0.05) is 17.7 Å². The fourth-order valence-electron chi connectivity index (χ4n) is 2.38. The summed E-state index contributed by atoms with van der Waals surface area (Å²) in [6.45, 7) is 1.56. The van der Waals surface area contributed by atoms with Crippen molar-refractivity contribution in [2.75, 3.05) is 6.61 Å². The first-order chi connectivity index (χ1) is 12.5. The maximum atomic E-state index is 12.1. The van der Waals surface area contributed by atoms with Crippen molar-refractivity contribution in [3.63, 3.8) is 0 Å². The molecule has 1 aliphatic heterocycles. The lowest BCUT2D eigenvalue weighted by atomic mass is 10.1. The first-order valence-electron chi connectivity index (χ1n) is 7.65. The molecule has 2 aromatic rings. The van der Waals surface area contributed by atoms with Gasteiger partial charge in [-0.05, 0) is 24.6 Å². The standard InChI is InChI=1S/C17H15N3O6/c1-10-6-12(20(23)24)7-11(16(10)21)8-18-19-17(22)15-9-25-13-4-2-3-5-14(13)26-15/h2-8,15,21H,9H2,1H3,(H,19,22)/b18-8+/t15-/m0/s1. The molecule has 0 radical (unpaired) electrons. The Kier molecular flexibility index (Phi) is 4.70. The Morgan fingerprint density at radius 2 is 2.12 bits per heavy atom. The van der Waals surface area contributed by atoms with E-state index in [0.29, 0.717) is 17.1 Å². The summed E-state index contributed by atoms with van der Waals surface area (Å²) in [6.07, 6.45) is 0.243. The monoisotopic (exact) mass is 357 g/mol. The highest BCUT2D eigenvalue weighted by Crippen LogP contribution is 2.31. The van der Waals surface area contributed by atoms with Gasteiger partial charge in [-0.3, -0.25) is 14.9 Å². The van der Waals surface area contributed by atoms with Crippen molar-refractivity contribution in [2.24, 2.45) is 5.10 Å². The average molecular weight is 357 g/mol. The summed E-state index contributed by atoms with van der Waals surface area (Å²) in [5.41, 5.74) is 2.53. The molecule has 0 saturated heterocycles. The Labute approximate surface area is 148 Å². The molecule has 1 atom stereocenters. The molecule has 2 N–H and O–H groups in total. The molecule has 0 aromatic heterocycles. The second kappa shape index (κ2) is 7.09. The number of phenolic OH excluding ortho intramolecular Hbond substituents is 1. The molecule has 2 aromatic carbocycles. The Morgan fingerprint density at radius 1 is 1.38 bits per heavy atom. The van der Waals surface area contributed by atoms with E-state index < -0.39 is 16.9 Å². The van der Waals surface area contributed by atoms with Crippen molar-refractivity contribution in [1.82, 2.24) is 5.43 Å². The van der Waals surface area contributed by atoms with E-state index in [9.17, 15) is 20.0 Å². The highest BCUT2D eigenvalue weighted by atomic mass is 16.6. The predicted molar refractivity (Wildman–Crippen MR) is 91.6 cm³/mol. The molecule has 0 spiro atoms. The summed E-state index contributed by atoms with van der Waals surface area (Å²) < 4.78 is 11.0. The molecule has 9 heteroatoms. The van der Waals surface area contributed by atoms with Gasteiger partial charge in [0.15, 0.2) is 11.5 Å². The average Bonchev–Trinajstić information content (AvgIpc) is 2.64. The number of nitro benzene ring substituents is 1. The summed E-state index contributed by atoms with van der Waals surface area (Å²) in [7, 11) is 0. The van der Waals surface area contributed by atoms with Crippen LogP contribution in [0.1, 0.15) is 11.1 Å². The predicted octanol–water partition coefficient (Wildman–Crippen LogP) is 1.90. The highest BCUT2D eigenvalue weighted by molar-refractivity contribution is 5.87. The summed E-state index contributed by atoms with van der Waals surface area (Å²) >= 11 is 0. The van der Waals surface area contributed by atoms with E-state index in [4.69, 9.17) is 9.47 Å². The van der Waals surface area contributed by atoms with Crippen LogP contribution in [0.15, 0.2) is 41.5 Å². The van der Waals surface area contributed by atoms with Crippen LogP contribution in [-0.4, -0.2) is 34.9 Å². The van der Waals surface area contributed by atoms with Crippen LogP contribution in [0, 0.1) is 17.0 Å². The van der Waals surface area contributed by atoms with Gasteiger partial charge in [0.1, 0.15) is 12.4 Å². The van der Waals surface area contributed by atoms with Crippen molar-refractivity contribution in [1.29, 1.82) is 0 Å². The maximum absolute atomic E-state index is 12.1. The molecule has 1 heterocycles. The first kappa shape index (κ1) is 17.2. The van der Waals surface area contributed by atoms with Gasteiger partial charge in [0.25, 0.3) is 11.6 Å². The fraction of sp³-hybridized carbons (Fsp3) is 0.176. The van der Waals surface area contributed by atoms with E-state index in [0.717, 1.165) is 12.3 Å². The number of nitrogens with zero attached hydrogens (tertiary/aromatic N) is 2. The molecule has 0 unspecified atom stereocenters. The largest absolute Gasteiger partial charge is 0.507 e. The second-order valence-electron chi connectivity index (χ2n) is 5.56. The number of nitrogens with one attached hydrogen (secondary N) is 1. The molecule has 9 nitrogen and oxygen atoms in total. The van der Waals surface area contributed by atoms with Gasteiger partial charge in [-0.15, -0.1) is 0 Å². The van der Waals surface area contributed by atoms with E-state index in [2.05, 4.69) is 10.5 Å². The minimum absolute atomic E-state index is 0.0273. The maximum Gasteiger partial charge on any atom is 0.284 e. The number of fused-ring (bicyclic) bond motifs is 1. The topological polar surface area (TPSA) is 123 Å². The molecule has 1 amide bonds. The molecular weight excluding hydrogens is 342 g/mol. The number of ether oxygens (including phenoxy) is 2. The van der Waals surface area contributed by atoms with E-state index in [1.54, 1.807) is 24.3 Å². The number of carbonyl (C=O) groups excluding carboxylic acids is 1. The minimum atomic E-state index is -0.887. The van der Waals surface area contributed by atoms with Crippen LogP contribution >= 0.6 is 0 Å². The molecule has 26 heavy (non-hydrogen) atoms. The number of non-ortho nitro benzene ring substituents is 1. The van der Waals surface area contributed by atoms with Crippen molar-refractivity contribution in [3.05, 3.63) is 57.6 Å². The van der Waals surface area contributed by atoms with E-state index >= 15 is 0 Å². The van der Waals surface area contributed by atoms with E-state index in [1.807, 2.05) is 0 Å². The summed E-state index contributed by atoms with van der Waals surface area (Å²) in [5, 5.41) is 24.6. The van der Waals surface area contributed by atoms with Crippen molar-refractivity contribution in [3.8, 4) is 17.2 Å². The summed E-state index contributed by atoms with van der Waals surface area (Å²) in [5.74, 6) is 0.309. The number of hydrazone groups is 1. The normalized spacial score (nSPS) is 15.7. The lowest BCUT2D eigenvalue weighted by Crippen LogP contribution is -2.42. The number of hydrogen-bond acceptors (Lipinski definition) is 7. The molecule has 3 rings (SSSR count). The van der Waals surface area contributed by atoms with Gasteiger partial charge >= 0.3 is 0 Å². The third kappa shape index (κ3) is 3.56. The summed E-state index contributed by atoms with van der Waals surface area (Å²) in [4.78, 5) is 22.4. The molecular formula is C17H15N3O6. The van der Waals surface area contributed by atoms with Crippen LogP contribution in [0.4, 0.5) is 5.69 Å². The van der Waals surface area contributed by atoms with E-state index in [1.165, 1.54) is 13.0 Å². The third-order valence-corrected chi connectivity index (χ3v) is 3.70. The van der Waals surface area contributed by atoms with Gasteiger partial charge < -0.3 is 14.6 Å². The highest BCUT2D eigenvalue weighted by Gasteiger charge is 2.27. The molecule has 0 aliphatic carbocycles. The fourth-order valence-corrected chi connectivity index (χ4v) is 2.38. The van der Waals surface area contributed by atoms with Crippen LogP contribution in [0.3, 0.4) is 0 Å². The smallest absolute Gasteiger partial charge is 0.284 e. The number of nitro groups is 1. The quantitative estimate of drug-likeness (QED) is 0.489. The van der Waals surface area contributed by atoms with Crippen LogP contribution in [0.5, 0.6) is 17.2 Å². The zero-order chi connectivity index (χ0) is 18.7. The van der Waals surface area contributed by atoms with Crippen LogP contribution in [-0.2, 0) is 4.79 Å². The van der Waals surface area contributed by atoms with Crippen LogP contribution < -0.4 is 14.9 Å². The third-order valence-electron chi connectivity index (χ3n) is 3.70.